The summed E-state index contributed by atoms with van der Waals surface area (Å²) in [5.74, 6) is -1.000. The minimum absolute atomic E-state index is 0.138. The summed E-state index contributed by atoms with van der Waals surface area (Å²) in [4.78, 5) is 31.2. The van der Waals surface area contributed by atoms with E-state index in [1.807, 2.05) is 45.3 Å². The number of hydrogen-bond acceptors (Lipinski definition) is 5. The molecule has 1 aliphatic rings. The molecular weight excluding hydrogens is 354 g/mol. The van der Waals surface area contributed by atoms with Gasteiger partial charge in [-0.25, -0.2) is 4.79 Å². The number of nitrogens with one attached hydrogen (secondary N) is 1. The predicted octanol–water partition coefficient (Wildman–Crippen LogP) is 3.75. The van der Waals surface area contributed by atoms with Crippen LogP contribution >= 0.6 is 0 Å². The molecule has 1 unspecified atom stereocenters. The largest absolute Gasteiger partial charge is 0.462 e. The van der Waals surface area contributed by atoms with Crippen molar-refractivity contribution < 1.29 is 14.3 Å². The van der Waals surface area contributed by atoms with Crippen LogP contribution in [-0.4, -0.2) is 43.2 Å². The molecule has 1 N–H and O–H groups in total. The Hall–Kier alpha value is -2.99. The summed E-state index contributed by atoms with van der Waals surface area (Å²) in [6.45, 7) is 4.79. The summed E-state index contributed by atoms with van der Waals surface area (Å²) in [5.41, 5.74) is 4.61. The lowest BCUT2D eigenvalue weighted by Gasteiger charge is -2.11. The Bertz CT molecular complexity index is 917. The second-order valence-electron chi connectivity index (χ2n) is 7.10. The third kappa shape index (κ3) is 4.28. The van der Waals surface area contributed by atoms with Crippen molar-refractivity contribution in [2.24, 2.45) is 4.99 Å². The molecule has 0 radical (unpaired) electrons. The van der Waals surface area contributed by atoms with E-state index in [9.17, 15) is 9.59 Å². The number of esters is 1. The zero-order valence-electron chi connectivity index (χ0n) is 16.7. The molecule has 0 spiro atoms. The number of hydrogen-bond donors (Lipinski definition) is 1. The average molecular weight is 379 g/mol. The molecule has 146 valence electrons. The second-order valence-corrected chi connectivity index (χ2v) is 7.10. The van der Waals surface area contributed by atoms with Crippen LogP contribution in [0.2, 0.25) is 0 Å². The first-order chi connectivity index (χ1) is 13.4. The molecule has 3 rings (SSSR count). The van der Waals surface area contributed by atoms with Crippen molar-refractivity contribution in [1.29, 1.82) is 0 Å². The highest BCUT2D eigenvalue weighted by atomic mass is 16.5. The fraction of sp³-hybridized carbons (Fsp3) is 0.318. The number of fused-ring (bicyclic) bond motifs is 1. The van der Waals surface area contributed by atoms with Crippen molar-refractivity contribution in [3.05, 3.63) is 59.2 Å². The van der Waals surface area contributed by atoms with Gasteiger partial charge in [0.25, 0.3) is 0 Å². The second kappa shape index (κ2) is 8.35. The van der Waals surface area contributed by atoms with E-state index in [-0.39, 0.29) is 5.91 Å². The SMILES string of the molecule is CCOC(=O)c1ccc2c(c1)NC(=O)C2C(C)=Nc1ccc(CN(C)C)cc1. The van der Waals surface area contributed by atoms with Crippen LogP contribution < -0.4 is 5.32 Å². The van der Waals surface area contributed by atoms with Gasteiger partial charge in [0.2, 0.25) is 5.91 Å². The van der Waals surface area contributed by atoms with Crippen molar-refractivity contribution in [3.63, 3.8) is 0 Å². The quantitative estimate of drug-likeness (QED) is 0.613. The van der Waals surface area contributed by atoms with Gasteiger partial charge in [0.15, 0.2) is 0 Å². The third-order valence-electron chi connectivity index (χ3n) is 4.55. The maximum absolute atomic E-state index is 12.5. The number of carbonyl (C=O) groups excluding carboxylic acids is 2. The first-order valence-corrected chi connectivity index (χ1v) is 9.30. The first-order valence-electron chi connectivity index (χ1n) is 9.30. The van der Waals surface area contributed by atoms with E-state index in [0.29, 0.717) is 23.6 Å². The predicted molar refractivity (Wildman–Crippen MR) is 110 cm³/mol. The molecule has 2 aromatic rings. The smallest absolute Gasteiger partial charge is 0.338 e. The van der Waals surface area contributed by atoms with Crippen LogP contribution in [0.15, 0.2) is 47.5 Å². The molecule has 1 amide bonds. The van der Waals surface area contributed by atoms with Gasteiger partial charge in [0, 0.05) is 17.9 Å². The maximum Gasteiger partial charge on any atom is 0.338 e. The van der Waals surface area contributed by atoms with Gasteiger partial charge in [-0.1, -0.05) is 18.2 Å². The van der Waals surface area contributed by atoms with Crippen LogP contribution in [0.25, 0.3) is 0 Å². The molecule has 6 nitrogen and oxygen atoms in total. The van der Waals surface area contributed by atoms with Gasteiger partial charge in [0.05, 0.1) is 17.9 Å². The van der Waals surface area contributed by atoms with Crippen LogP contribution in [0.1, 0.15) is 41.3 Å². The van der Waals surface area contributed by atoms with E-state index >= 15 is 0 Å². The number of rotatable bonds is 6. The highest BCUT2D eigenvalue weighted by Crippen LogP contribution is 2.35. The Morgan fingerprint density at radius 1 is 1.18 bits per heavy atom. The van der Waals surface area contributed by atoms with Gasteiger partial charge in [-0.3, -0.25) is 9.79 Å². The molecular formula is C22H25N3O3. The average Bonchev–Trinajstić information content (AvgIpc) is 2.98. The van der Waals surface area contributed by atoms with E-state index in [2.05, 4.69) is 15.2 Å². The Morgan fingerprint density at radius 3 is 2.54 bits per heavy atom. The van der Waals surface area contributed by atoms with Crippen molar-refractivity contribution in [2.75, 3.05) is 26.0 Å². The number of aliphatic imine (C=N–C) groups is 1. The molecule has 1 atom stereocenters. The molecule has 0 fully saturated rings. The Kier molecular flexibility index (Phi) is 5.90. The summed E-state index contributed by atoms with van der Waals surface area (Å²) in [6, 6.07) is 13.1. The summed E-state index contributed by atoms with van der Waals surface area (Å²) in [6.07, 6.45) is 0. The molecule has 6 heteroatoms. The van der Waals surface area contributed by atoms with Crippen molar-refractivity contribution in [1.82, 2.24) is 4.90 Å². The highest BCUT2D eigenvalue weighted by molar-refractivity contribution is 6.18. The normalized spacial score (nSPS) is 16.1. The molecule has 1 heterocycles. The minimum Gasteiger partial charge on any atom is -0.462 e. The fourth-order valence-electron chi connectivity index (χ4n) is 3.33. The summed E-state index contributed by atoms with van der Waals surface area (Å²) >= 11 is 0. The van der Waals surface area contributed by atoms with E-state index in [0.717, 1.165) is 17.8 Å². The monoisotopic (exact) mass is 379 g/mol. The molecule has 0 saturated heterocycles. The number of nitrogens with zero attached hydrogens (tertiary/aromatic N) is 2. The van der Waals surface area contributed by atoms with Crippen LogP contribution in [0.3, 0.4) is 0 Å². The van der Waals surface area contributed by atoms with Crippen LogP contribution in [0, 0.1) is 0 Å². The maximum atomic E-state index is 12.5. The number of ether oxygens (including phenoxy) is 1. The number of amides is 1. The molecule has 28 heavy (non-hydrogen) atoms. The zero-order chi connectivity index (χ0) is 20.3. The van der Waals surface area contributed by atoms with Crippen LogP contribution in [0.5, 0.6) is 0 Å². The Labute approximate surface area is 165 Å². The number of carbonyl (C=O) groups is 2. The summed E-state index contributed by atoms with van der Waals surface area (Å²) in [7, 11) is 4.06. The lowest BCUT2D eigenvalue weighted by molar-refractivity contribution is -0.115. The van der Waals surface area contributed by atoms with Crippen LogP contribution in [-0.2, 0) is 16.1 Å². The van der Waals surface area contributed by atoms with Crippen molar-refractivity contribution in [3.8, 4) is 0 Å². The lowest BCUT2D eigenvalue weighted by Crippen LogP contribution is -2.18. The topological polar surface area (TPSA) is 71.0 Å². The highest BCUT2D eigenvalue weighted by Gasteiger charge is 2.33. The van der Waals surface area contributed by atoms with E-state index in [4.69, 9.17) is 4.74 Å². The first kappa shape index (κ1) is 19.8. The van der Waals surface area contributed by atoms with Gasteiger partial charge >= 0.3 is 5.97 Å². The Morgan fingerprint density at radius 2 is 1.89 bits per heavy atom. The van der Waals surface area contributed by atoms with Crippen molar-refractivity contribution in [2.45, 2.75) is 26.3 Å². The summed E-state index contributed by atoms with van der Waals surface area (Å²) < 4.78 is 5.02. The van der Waals surface area contributed by atoms with Crippen LogP contribution in [0.4, 0.5) is 11.4 Å². The van der Waals surface area contributed by atoms with Gasteiger partial charge < -0.3 is 15.0 Å². The fourth-order valence-corrected chi connectivity index (χ4v) is 3.33. The lowest BCUT2D eigenvalue weighted by atomic mass is 9.95. The molecule has 0 aromatic heterocycles. The number of anilines is 1. The van der Waals surface area contributed by atoms with Crippen molar-refractivity contribution >= 4 is 29.0 Å². The standard InChI is InChI=1S/C22H25N3O3/c1-5-28-22(27)16-8-11-18-19(12-16)24-21(26)20(18)14(2)23-17-9-6-15(7-10-17)13-25(3)4/h6-12,20H,5,13H2,1-4H3,(H,24,26). The third-order valence-corrected chi connectivity index (χ3v) is 4.55. The van der Waals surface area contributed by atoms with E-state index < -0.39 is 11.9 Å². The number of benzene rings is 2. The Balaban J connectivity index is 1.83. The van der Waals surface area contributed by atoms with E-state index in [1.54, 1.807) is 25.1 Å². The molecule has 2 aromatic carbocycles. The molecule has 1 aliphatic heterocycles. The summed E-state index contributed by atoms with van der Waals surface area (Å²) in [5, 5.41) is 2.85. The van der Waals surface area contributed by atoms with Gasteiger partial charge in [-0.05, 0) is 63.3 Å². The molecule has 0 aliphatic carbocycles. The van der Waals surface area contributed by atoms with Gasteiger partial charge in [-0.15, -0.1) is 0 Å². The van der Waals surface area contributed by atoms with Gasteiger partial charge in [0.1, 0.15) is 5.92 Å². The molecule has 0 saturated carbocycles. The minimum atomic E-state index is -0.465. The van der Waals surface area contributed by atoms with E-state index in [1.165, 1.54) is 5.56 Å². The van der Waals surface area contributed by atoms with Gasteiger partial charge in [-0.2, -0.15) is 0 Å². The zero-order valence-corrected chi connectivity index (χ0v) is 16.7. The molecule has 0 bridgehead atoms.